The molecule has 2 aromatic heterocycles. The number of rotatable bonds is 9. The Labute approximate surface area is 219 Å². The van der Waals surface area contributed by atoms with Crippen LogP contribution in [0.25, 0.3) is 0 Å². The first kappa shape index (κ1) is 26.0. The molecule has 1 aliphatic heterocycles. The maximum absolute atomic E-state index is 5.45. The fraction of sp³-hybridized carbons (Fsp3) is 0.385. The van der Waals surface area contributed by atoms with Crippen molar-refractivity contribution < 1.29 is 9.15 Å². The molecule has 0 radical (unpaired) electrons. The molecule has 1 aliphatic rings. The van der Waals surface area contributed by atoms with Crippen LogP contribution in [-0.2, 0) is 19.5 Å². The number of nitrogens with one attached hydrogen (secondary N) is 2. The number of nitrogens with zero attached hydrogens (tertiary/aromatic N) is 3. The highest BCUT2D eigenvalue weighted by molar-refractivity contribution is 14.0. The van der Waals surface area contributed by atoms with Crippen molar-refractivity contribution in [2.24, 2.45) is 4.99 Å². The number of piperidine rings is 1. The number of guanidine groups is 1. The van der Waals surface area contributed by atoms with Gasteiger partial charge < -0.3 is 19.8 Å². The average molecular weight is 575 g/mol. The first-order valence-corrected chi connectivity index (χ1v) is 11.6. The van der Waals surface area contributed by atoms with Crippen LogP contribution in [0.5, 0.6) is 5.75 Å². The summed E-state index contributed by atoms with van der Waals surface area (Å²) >= 11 is 0. The van der Waals surface area contributed by atoms with E-state index in [4.69, 9.17) is 14.1 Å². The maximum Gasteiger partial charge on any atom is 0.191 e. The first-order valence-electron chi connectivity index (χ1n) is 11.6. The fourth-order valence-electron chi connectivity index (χ4n) is 3.96. The number of hydrogen-bond donors (Lipinski definition) is 2. The summed E-state index contributed by atoms with van der Waals surface area (Å²) < 4.78 is 10.7. The molecule has 0 amide bonds. The Morgan fingerprint density at radius 2 is 1.94 bits per heavy atom. The smallest absolute Gasteiger partial charge is 0.191 e. The Bertz CT molecular complexity index is 972. The van der Waals surface area contributed by atoms with E-state index in [1.54, 1.807) is 13.4 Å². The zero-order chi connectivity index (χ0) is 22.7. The molecule has 0 bridgehead atoms. The number of aromatic nitrogens is 1. The Kier molecular flexibility index (Phi) is 10.7. The highest BCUT2D eigenvalue weighted by Gasteiger charge is 2.20. The van der Waals surface area contributed by atoms with E-state index in [0.29, 0.717) is 12.6 Å². The number of likely N-dealkylation sites (tertiary alicyclic amines) is 1. The molecular formula is C26H34IN5O2. The molecule has 4 rings (SSSR count). The van der Waals surface area contributed by atoms with E-state index in [2.05, 4.69) is 44.8 Å². The summed E-state index contributed by atoms with van der Waals surface area (Å²) in [6.45, 7) is 4.38. The number of furan rings is 1. The molecule has 182 valence electrons. The lowest BCUT2D eigenvalue weighted by Gasteiger charge is -2.33. The molecular weight excluding hydrogens is 541 g/mol. The molecule has 1 saturated heterocycles. The lowest BCUT2D eigenvalue weighted by atomic mass is 10.0. The van der Waals surface area contributed by atoms with Gasteiger partial charge in [0.25, 0.3) is 0 Å². The Balaban J connectivity index is 0.00000324. The largest absolute Gasteiger partial charge is 0.497 e. The van der Waals surface area contributed by atoms with E-state index in [1.165, 1.54) is 0 Å². The Morgan fingerprint density at radius 3 is 2.62 bits per heavy atom. The SMILES string of the molecule is COc1ccc(CN=C(NCCc2ccco2)NC2CCN(Cc3ccccn3)CC2)cc1.I. The molecule has 0 atom stereocenters. The summed E-state index contributed by atoms with van der Waals surface area (Å²) in [4.78, 5) is 11.8. The van der Waals surface area contributed by atoms with E-state index < -0.39 is 0 Å². The predicted octanol–water partition coefficient (Wildman–Crippen LogP) is 4.24. The number of hydrogen-bond acceptors (Lipinski definition) is 5. The summed E-state index contributed by atoms with van der Waals surface area (Å²) in [6.07, 6.45) is 6.55. The summed E-state index contributed by atoms with van der Waals surface area (Å²) in [5, 5.41) is 7.13. The van der Waals surface area contributed by atoms with Crippen LogP contribution < -0.4 is 15.4 Å². The van der Waals surface area contributed by atoms with Crippen molar-refractivity contribution in [2.45, 2.75) is 38.4 Å². The Morgan fingerprint density at radius 1 is 1.12 bits per heavy atom. The van der Waals surface area contributed by atoms with Crippen molar-refractivity contribution in [1.29, 1.82) is 0 Å². The van der Waals surface area contributed by atoms with E-state index in [9.17, 15) is 0 Å². The minimum absolute atomic E-state index is 0. The van der Waals surface area contributed by atoms with Crippen molar-refractivity contribution in [3.05, 3.63) is 84.1 Å². The van der Waals surface area contributed by atoms with Gasteiger partial charge in [-0.25, -0.2) is 4.99 Å². The second-order valence-corrected chi connectivity index (χ2v) is 8.28. The topological polar surface area (TPSA) is 74.9 Å². The monoisotopic (exact) mass is 575 g/mol. The Hall–Kier alpha value is -2.59. The number of methoxy groups -OCH3 is 1. The van der Waals surface area contributed by atoms with Crippen molar-refractivity contribution in [3.8, 4) is 5.75 Å². The van der Waals surface area contributed by atoms with Gasteiger partial charge in [0.1, 0.15) is 11.5 Å². The highest BCUT2D eigenvalue weighted by Crippen LogP contribution is 2.14. The standard InChI is InChI=1S/C26H33N5O2.HI/c1-32-24-9-7-21(8-10-24)19-29-26(28-15-11-25-6-4-18-33-25)30-22-12-16-31(17-13-22)20-23-5-2-3-14-27-23;/h2-10,14,18,22H,11-13,15-17,19-20H2,1H3,(H2,28,29,30);1H. The molecule has 0 spiro atoms. The molecule has 1 fully saturated rings. The predicted molar refractivity (Wildman–Crippen MR) is 146 cm³/mol. The number of halogens is 1. The number of aliphatic imine (C=N–C) groups is 1. The van der Waals surface area contributed by atoms with Crippen LogP contribution in [-0.4, -0.2) is 48.6 Å². The average Bonchev–Trinajstić information content (AvgIpc) is 3.38. The second-order valence-electron chi connectivity index (χ2n) is 8.28. The number of benzene rings is 1. The van der Waals surface area contributed by atoms with Gasteiger partial charge in [0, 0.05) is 44.8 Å². The fourth-order valence-corrected chi connectivity index (χ4v) is 3.96. The molecule has 34 heavy (non-hydrogen) atoms. The molecule has 0 unspecified atom stereocenters. The van der Waals surface area contributed by atoms with Crippen LogP contribution in [0.15, 0.2) is 76.5 Å². The first-order chi connectivity index (χ1) is 16.3. The van der Waals surface area contributed by atoms with Crippen LogP contribution in [0.1, 0.15) is 29.9 Å². The zero-order valence-corrected chi connectivity index (χ0v) is 22.0. The quantitative estimate of drug-likeness (QED) is 0.226. The zero-order valence-electron chi connectivity index (χ0n) is 19.7. The van der Waals surface area contributed by atoms with Gasteiger partial charge in [-0.05, 0) is 54.8 Å². The number of ether oxygens (including phenoxy) is 1. The van der Waals surface area contributed by atoms with E-state index >= 15 is 0 Å². The third kappa shape index (κ3) is 8.32. The van der Waals surface area contributed by atoms with Gasteiger partial charge in [-0.2, -0.15) is 0 Å². The molecule has 3 heterocycles. The van der Waals surface area contributed by atoms with Gasteiger partial charge in [0.15, 0.2) is 5.96 Å². The van der Waals surface area contributed by atoms with Crippen LogP contribution in [0, 0.1) is 0 Å². The molecule has 3 aromatic rings. The van der Waals surface area contributed by atoms with Crippen LogP contribution in [0.2, 0.25) is 0 Å². The van der Waals surface area contributed by atoms with Gasteiger partial charge in [0.05, 0.1) is 25.6 Å². The molecule has 7 nitrogen and oxygen atoms in total. The third-order valence-corrected chi connectivity index (χ3v) is 5.86. The molecule has 2 N–H and O–H groups in total. The summed E-state index contributed by atoms with van der Waals surface area (Å²) in [6, 6.07) is 18.5. The van der Waals surface area contributed by atoms with Gasteiger partial charge in [-0.15, -0.1) is 24.0 Å². The third-order valence-electron chi connectivity index (χ3n) is 5.86. The van der Waals surface area contributed by atoms with Crippen molar-refractivity contribution in [1.82, 2.24) is 20.5 Å². The van der Waals surface area contributed by atoms with Crippen LogP contribution in [0.4, 0.5) is 0 Å². The van der Waals surface area contributed by atoms with Gasteiger partial charge in [-0.1, -0.05) is 18.2 Å². The lowest BCUT2D eigenvalue weighted by Crippen LogP contribution is -2.49. The van der Waals surface area contributed by atoms with Gasteiger partial charge in [-0.3, -0.25) is 9.88 Å². The minimum atomic E-state index is 0. The molecule has 8 heteroatoms. The van der Waals surface area contributed by atoms with Crippen LogP contribution >= 0.6 is 24.0 Å². The summed E-state index contributed by atoms with van der Waals surface area (Å²) in [7, 11) is 1.68. The van der Waals surface area contributed by atoms with E-state index in [1.807, 2.05) is 36.5 Å². The van der Waals surface area contributed by atoms with Gasteiger partial charge in [0.2, 0.25) is 0 Å². The van der Waals surface area contributed by atoms with Crippen molar-refractivity contribution >= 4 is 29.9 Å². The second kappa shape index (κ2) is 14.0. The van der Waals surface area contributed by atoms with Crippen LogP contribution in [0.3, 0.4) is 0 Å². The van der Waals surface area contributed by atoms with E-state index in [0.717, 1.165) is 74.2 Å². The summed E-state index contributed by atoms with van der Waals surface area (Å²) in [5.74, 6) is 2.68. The molecule has 1 aromatic carbocycles. The van der Waals surface area contributed by atoms with E-state index in [-0.39, 0.29) is 24.0 Å². The normalized spacial score (nSPS) is 14.9. The molecule has 0 aliphatic carbocycles. The summed E-state index contributed by atoms with van der Waals surface area (Å²) in [5.41, 5.74) is 2.28. The van der Waals surface area contributed by atoms with Crippen molar-refractivity contribution in [2.75, 3.05) is 26.7 Å². The molecule has 0 saturated carbocycles. The van der Waals surface area contributed by atoms with Crippen molar-refractivity contribution in [3.63, 3.8) is 0 Å². The number of pyridine rings is 1. The maximum atomic E-state index is 5.45. The minimum Gasteiger partial charge on any atom is -0.497 e. The lowest BCUT2D eigenvalue weighted by molar-refractivity contribution is 0.196. The highest BCUT2D eigenvalue weighted by atomic mass is 127. The van der Waals surface area contributed by atoms with Gasteiger partial charge >= 0.3 is 0 Å².